The van der Waals surface area contributed by atoms with Crippen LogP contribution in [0.15, 0.2) is 66.7 Å². The fraction of sp³-hybridized carbons (Fsp3) is 0.179. The van der Waals surface area contributed by atoms with E-state index in [-0.39, 0.29) is 30.2 Å². The summed E-state index contributed by atoms with van der Waals surface area (Å²) in [6, 6.07) is 17.8. The zero-order chi connectivity index (χ0) is 27.6. The van der Waals surface area contributed by atoms with Crippen molar-refractivity contribution in [3.05, 3.63) is 89.1 Å². The number of Topliss-reactive ketones (excluding diaryl/α,β-unsaturated/α-hetero) is 1. The third kappa shape index (κ3) is 5.86. The number of benzene rings is 3. The van der Waals surface area contributed by atoms with E-state index in [0.29, 0.717) is 22.0 Å². The molecule has 0 radical (unpaired) electrons. The van der Waals surface area contributed by atoms with E-state index in [2.05, 4.69) is 4.74 Å². The molecule has 0 unspecified atom stereocenters. The van der Waals surface area contributed by atoms with E-state index in [1.54, 1.807) is 22.8 Å². The molecule has 0 atom stereocenters. The number of ketones is 1. The van der Waals surface area contributed by atoms with Gasteiger partial charge in [-0.2, -0.15) is 0 Å². The van der Waals surface area contributed by atoms with Crippen molar-refractivity contribution in [2.75, 3.05) is 0 Å². The summed E-state index contributed by atoms with van der Waals surface area (Å²) in [6.45, 7) is 3.04. The van der Waals surface area contributed by atoms with Crippen LogP contribution < -0.4 is 4.74 Å². The number of aromatic nitrogens is 1. The second kappa shape index (κ2) is 10.4. The first-order valence-electron chi connectivity index (χ1n) is 11.4. The number of nitrogens with zero attached hydrogens (tertiary/aromatic N) is 1. The summed E-state index contributed by atoms with van der Waals surface area (Å²) in [7, 11) is 0. The molecule has 0 aliphatic heterocycles. The molecule has 0 aliphatic carbocycles. The Bertz CT molecular complexity index is 1520. The highest BCUT2D eigenvalue weighted by atomic mass is 19.4. The van der Waals surface area contributed by atoms with Crippen molar-refractivity contribution in [3.8, 4) is 16.9 Å². The molecule has 1 heterocycles. The smallest absolute Gasteiger partial charge is 0.475 e. The summed E-state index contributed by atoms with van der Waals surface area (Å²) in [4.78, 5) is 36.1. The Hall–Kier alpha value is -4.60. The molecule has 0 bridgehead atoms. The van der Waals surface area contributed by atoms with Gasteiger partial charge < -0.3 is 19.1 Å². The number of alkyl halides is 3. The SMILES string of the molecule is CC(=O)OCc1c(C(=O)C(=O)O)c2ccc(-c3ccc(OC(F)(F)F)cc3)cc2n1Cc1ccc(C)cc1. The molecular weight excluding hydrogens is 503 g/mol. The van der Waals surface area contributed by atoms with Gasteiger partial charge in [-0.3, -0.25) is 9.59 Å². The number of aliphatic carboxylic acids is 1. The third-order valence-corrected chi connectivity index (χ3v) is 5.89. The standard InChI is InChI=1S/C28H22F3NO6/c1-16-3-5-18(6-4-16)14-32-23-13-20(19-7-10-21(11-8-19)38-28(29,30)31)9-12-22(23)25(26(34)27(35)36)24(32)15-37-17(2)33/h3-13H,14-15H2,1-2H3,(H,35,36). The van der Waals surface area contributed by atoms with Gasteiger partial charge in [-0.15, -0.1) is 13.2 Å². The second-order valence-electron chi connectivity index (χ2n) is 8.61. The van der Waals surface area contributed by atoms with Crippen LogP contribution in [0.5, 0.6) is 5.75 Å². The molecule has 3 aromatic carbocycles. The summed E-state index contributed by atoms with van der Waals surface area (Å²) < 4.78 is 48.4. The lowest BCUT2D eigenvalue weighted by Gasteiger charge is -2.13. The Kier molecular flexibility index (Phi) is 7.25. The van der Waals surface area contributed by atoms with E-state index < -0.39 is 24.1 Å². The van der Waals surface area contributed by atoms with Gasteiger partial charge in [0.1, 0.15) is 12.4 Å². The molecule has 0 saturated carbocycles. The normalized spacial score (nSPS) is 11.4. The number of ether oxygens (including phenoxy) is 2. The highest BCUT2D eigenvalue weighted by Crippen LogP contribution is 2.33. The maximum absolute atomic E-state index is 12.8. The quantitative estimate of drug-likeness (QED) is 0.175. The van der Waals surface area contributed by atoms with Crippen LogP contribution in [-0.4, -0.2) is 33.8 Å². The Balaban J connectivity index is 1.89. The van der Waals surface area contributed by atoms with Crippen LogP contribution in [0.3, 0.4) is 0 Å². The first kappa shape index (κ1) is 26.5. The first-order valence-corrected chi connectivity index (χ1v) is 11.4. The predicted octanol–water partition coefficient (Wildman–Crippen LogP) is 5.89. The Morgan fingerprint density at radius 2 is 1.55 bits per heavy atom. The van der Waals surface area contributed by atoms with E-state index >= 15 is 0 Å². The summed E-state index contributed by atoms with van der Waals surface area (Å²) in [5.74, 6) is -3.79. The summed E-state index contributed by atoms with van der Waals surface area (Å²) in [5.41, 5.74) is 3.67. The van der Waals surface area contributed by atoms with Crippen molar-refractivity contribution in [1.82, 2.24) is 4.57 Å². The molecule has 7 nitrogen and oxygen atoms in total. The van der Waals surface area contributed by atoms with Crippen LogP contribution in [0.4, 0.5) is 13.2 Å². The average molecular weight is 525 g/mol. The lowest BCUT2D eigenvalue weighted by Crippen LogP contribution is -2.17. The number of carbonyl (C=O) groups excluding carboxylic acids is 2. The molecule has 1 aromatic heterocycles. The topological polar surface area (TPSA) is 94.8 Å². The fourth-order valence-corrected chi connectivity index (χ4v) is 4.17. The Labute approximate surface area is 215 Å². The number of aryl methyl sites for hydroxylation is 1. The zero-order valence-electron chi connectivity index (χ0n) is 20.3. The lowest BCUT2D eigenvalue weighted by molar-refractivity contribution is -0.274. The van der Waals surface area contributed by atoms with Crippen molar-refractivity contribution in [2.45, 2.75) is 33.4 Å². The van der Waals surface area contributed by atoms with Crippen LogP contribution in [0.25, 0.3) is 22.0 Å². The number of hydrogen-bond acceptors (Lipinski definition) is 5. The van der Waals surface area contributed by atoms with Crippen LogP contribution in [0, 0.1) is 6.92 Å². The number of carboxylic acid groups (broad SMARTS) is 1. The molecule has 4 aromatic rings. The van der Waals surface area contributed by atoms with Gasteiger partial charge in [0, 0.05) is 18.9 Å². The van der Waals surface area contributed by atoms with E-state index in [1.165, 1.54) is 31.2 Å². The van der Waals surface area contributed by atoms with Crippen molar-refractivity contribution in [3.63, 3.8) is 0 Å². The number of halogens is 3. The minimum atomic E-state index is -4.82. The lowest BCUT2D eigenvalue weighted by atomic mass is 10.0. The Morgan fingerprint density at radius 3 is 2.13 bits per heavy atom. The number of esters is 1. The van der Waals surface area contributed by atoms with Crippen molar-refractivity contribution in [2.24, 2.45) is 0 Å². The van der Waals surface area contributed by atoms with Crippen LogP contribution in [0.2, 0.25) is 0 Å². The molecule has 38 heavy (non-hydrogen) atoms. The van der Waals surface area contributed by atoms with Crippen molar-refractivity contribution < 1.29 is 42.1 Å². The van der Waals surface area contributed by atoms with Gasteiger partial charge in [-0.25, -0.2) is 4.79 Å². The molecule has 1 N–H and O–H groups in total. The number of carboxylic acids is 1. The third-order valence-electron chi connectivity index (χ3n) is 5.89. The van der Waals surface area contributed by atoms with Crippen molar-refractivity contribution in [1.29, 1.82) is 0 Å². The van der Waals surface area contributed by atoms with Crippen LogP contribution >= 0.6 is 0 Å². The predicted molar refractivity (Wildman–Crippen MR) is 132 cm³/mol. The van der Waals surface area contributed by atoms with E-state index in [4.69, 9.17) is 4.74 Å². The number of fused-ring (bicyclic) bond motifs is 1. The van der Waals surface area contributed by atoms with Gasteiger partial charge in [0.2, 0.25) is 0 Å². The van der Waals surface area contributed by atoms with E-state index in [1.807, 2.05) is 31.2 Å². The van der Waals surface area contributed by atoms with Crippen LogP contribution in [0.1, 0.15) is 34.1 Å². The number of rotatable bonds is 8. The highest BCUT2D eigenvalue weighted by Gasteiger charge is 2.31. The summed E-state index contributed by atoms with van der Waals surface area (Å²) >= 11 is 0. The molecule has 196 valence electrons. The number of hydrogen-bond donors (Lipinski definition) is 1. The summed E-state index contributed by atoms with van der Waals surface area (Å²) in [6.07, 6.45) is -4.82. The van der Waals surface area contributed by atoms with Crippen LogP contribution in [-0.2, 0) is 27.5 Å². The summed E-state index contributed by atoms with van der Waals surface area (Å²) in [5, 5.41) is 9.85. The maximum Gasteiger partial charge on any atom is 0.573 e. The first-order chi connectivity index (χ1) is 17.9. The minimum absolute atomic E-state index is 0.0960. The zero-order valence-corrected chi connectivity index (χ0v) is 20.3. The molecule has 0 saturated heterocycles. The Morgan fingerprint density at radius 1 is 0.921 bits per heavy atom. The van der Waals surface area contributed by atoms with Gasteiger partial charge >= 0.3 is 18.3 Å². The minimum Gasteiger partial charge on any atom is -0.475 e. The van der Waals surface area contributed by atoms with E-state index in [9.17, 15) is 32.7 Å². The van der Waals surface area contributed by atoms with E-state index in [0.717, 1.165) is 11.1 Å². The van der Waals surface area contributed by atoms with Crippen molar-refractivity contribution >= 4 is 28.6 Å². The number of carbonyl (C=O) groups is 3. The largest absolute Gasteiger partial charge is 0.573 e. The van der Waals surface area contributed by atoms with Gasteiger partial charge in [0.25, 0.3) is 5.78 Å². The maximum atomic E-state index is 12.8. The van der Waals surface area contributed by atoms with Gasteiger partial charge in [0.15, 0.2) is 0 Å². The molecular formula is C28H22F3NO6. The molecule has 10 heteroatoms. The molecule has 4 rings (SSSR count). The average Bonchev–Trinajstić information content (AvgIpc) is 3.15. The fourth-order valence-electron chi connectivity index (χ4n) is 4.17. The van der Waals surface area contributed by atoms with Gasteiger partial charge in [-0.1, -0.05) is 54.1 Å². The molecule has 0 fully saturated rings. The highest BCUT2D eigenvalue weighted by molar-refractivity contribution is 6.42. The molecule has 0 amide bonds. The second-order valence-corrected chi connectivity index (χ2v) is 8.61. The monoisotopic (exact) mass is 525 g/mol. The molecule has 0 spiro atoms. The molecule has 0 aliphatic rings. The van der Waals surface area contributed by atoms with Gasteiger partial charge in [-0.05, 0) is 41.8 Å². The van der Waals surface area contributed by atoms with Gasteiger partial charge in [0.05, 0.1) is 16.8 Å².